The second-order valence-electron chi connectivity index (χ2n) is 12.9. The largest absolute Gasteiger partial charge is 0.456 e. The Bertz CT molecular complexity index is 2870. The van der Waals surface area contributed by atoms with Gasteiger partial charge in [-0.3, -0.25) is 0 Å². The number of anilines is 3. The van der Waals surface area contributed by atoms with Crippen LogP contribution in [0.4, 0.5) is 17.1 Å². The highest BCUT2D eigenvalue weighted by Crippen LogP contribution is 2.46. The first kappa shape index (κ1) is 28.4. The van der Waals surface area contributed by atoms with E-state index in [1.165, 1.54) is 43.4 Å². The summed E-state index contributed by atoms with van der Waals surface area (Å²) in [6.45, 7) is 0. The van der Waals surface area contributed by atoms with Gasteiger partial charge in [-0.05, 0) is 86.1 Å². The Hall–Kier alpha value is -6.64. The van der Waals surface area contributed by atoms with Crippen molar-refractivity contribution >= 4 is 71.3 Å². The molecule has 1 heterocycles. The average molecular weight is 638 g/mol. The number of para-hydroxylation sites is 2. The van der Waals surface area contributed by atoms with Gasteiger partial charge in [0, 0.05) is 27.4 Å². The van der Waals surface area contributed by atoms with E-state index in [0.717, 1.165) is 50.1 Å². The van der Waals surface area contributed by atoms with Gasteiger partial charge in [0.1, 0.15) is 11.2 Å². The maximum Gasteiger partial charge on any atom is 0.135 e. The molecule has 0 saturated heterocycles. The third kappa shape index (κ3) is 4.57. The Balaban J connectivity index is 1.21. The second-order valence-corrected chi connectivity index (χ2v) is 12.9. The van der Waals surface area contributed by atoms with E-state index in [4.69, 9.17) is 4.42 Å². The minimum atomic E-state index is 0.897. The second kappa shape index (κ2) is 11.5. The predicted molar refractivity (Wildman–Crippen MR) is 212 cm³/mol. The van der Waals surface area contributed by atoms with E-state index in [0.29, 0.717) is 0 Å². The minimum Gasteiger partial charge on any atom is -0.456 e. The topological polar surface area (TPSA) is 16.4 Å². The lowest BCUT2D eigenvalue weighted by molar-refractivity contribution is 0.669. The molecule has 0 aliphatic heterocycles. The molecule has 0 unspecified atom stereocenters. The summed E-state index contributed by atoms with van der Waals surface area (Å²) in [6.07, 6.45) is 0. The van der Waals surface area contributed by atoms with Crippen LogP contribution in [0.15, 0.2) is 192 Å². The molecule has 2 nitrogen and oxygen atoms in total. The van der Waals surface area contributed by atoms with Crippen LogP contribution in [-0.2, 0) is 0 Å². The molecule has 10 aromatic rings. The van der Waals surface area contributed by atoms with Crippen molar-refractivity contribution < 1.29 is 4.42 Å². The van der Waals surface area contributed by atoms with E-state index in [1.807, 2.05) is 12.1 Å². The first-order valence-electron chi connectivity index (χ1n) is 17.1. The number of fused-ring (bicyclic) bond motifs is 7. The highest BCUT2D eigenvalue weighted by molar-refractivity contribution is 6.15. The van der Waals surface area contributed by atoms with Crippen molar-refractivity contribution in [3.05, 3.63) is 188 Å². The van der Waals surface area contributed by atoms with Gasteiger partial charge in [-0.15, -0.1) is 0 Å². The van der Waals surface area contributed by atoms with Gasteiger partial charge in [0.05, 0.1) is 11.4 Å². The molecule has 0 aliphatic carbocycles. The van der Waals surface area contributed by atoms with Gasteiger partial charge in [-0.2, -0.15) is 0 Å². The van der Waals surface area contributed by atoms with E-state index in [9.17, 15) is 0 Å². The summed E-state index contributed by atoms with van der Waals surface area (Å²) in [7, 11) is 0. The Morgan fingerprint density at radius 2 is 0.920 bits per heavy atom. The summed E-state index contributed by atoms with van der Waals surface area (Å²) in [5.41, 5.74) is 9.86. The van der Waals surface area contributed by atoms with E-state index in [1.54, 1.807) is 0 Å². The van der Waals surface area contributed by atoms with Gasteiger partial charge in [0.2, 0.25) is 0 Å². The Morgan fingerprint density at radius 1 is 0.320 bits per heavy atom. The van der Waals surface area contributed by atoms with Gasteiger partial charge < -0.3 is 9.32 Å². The number of furan rings is 1. The molecule has 10 rings (SSSR count). The molecular weight excluding hydrogens is 607 g/mol. The third-order valence-corrected chi connectivity index (χ3v) is 10.0. The normalized spacial score (nSPS) is 11.6. The molecule has 0 saturated carbocycles. The van der Waals surface area contributed by atoms with Crippen LogP contribution >= 0.6 is 0 Å². The first-order valence-corrected chi connectivity index (χ1v) is 17.1. The first-order chi connectivity index (χ1) is 24.8. The molecule has 0 bridgehead atoms. The SMILES string of the molecule is c1ccc(N(c2ccc(-c3cccc4ccccc34)cc2)c2cc3ccccc3c3ccccc23)c(-c2ccc3oc4ccccc4c3c2)c1. The van der Waals surface area contributed by atoms with Crippen molar-refractivity contribution in [2.45, 2.75) is 0 Å². The van der Waals surface area contributed by atoms with Gasteiger partial charge in [-0.1, -0.05) is 146 Å². The summed E-state index contributed by atoms with van der Waals surface area (Å²) in [6, 6.07) is 67.7. The molecule has 0 aliphatic rings. The monoisotopic (exact) mass is 637 g/mol. The van der Waals surface area contributed by atoms with Gasteiger partial charge in [0.25, 0.3) is 0 Å². The number of hydrogen-bond acceptors (Lipinski definition) is 2. The highest BCUT2D eigenvalue weighted by atomic mass is 16.3. The predicted octanol–water partition coefficient (Wildman–Crippen LogP) is 13.8. The van der Waals surface area contributed by atoms with Crippen molar-refractivity contribution in [1.29, 1.82) is 0 Å². The van der Waals surface area contributed by atoms with Crippen molar-refractivity contribution in [2.75, 3.05) is 4.90 Å². The Kier molecular flexibility index (Phi) is 6.53. The summed E-state index contributed by atoms with van der Waals surface area (Å²) in [5.74, 6) is 0. The fourth-order valence-electron chi connectivity index (χ4n) is 7.70. The molecular formula is C48H31NO. The molecule has 0 atom stereocenters. The summed E-state index contributed by atoms with van der Waals surface area (Å²) < 4.78 is 6.21. The maximum absolute atomic E-state index is 6.21. The quantitative estimate of drug-likeness (QED) is 0.175. The van der Waals surface area contributed by atoms with Gasteiger partial charge in [0.15, 0.2) is 0 Å². The molecule has 0 spiro atoms. The van der Waals surface area contributed by atoms with Crippen LogP contribution < -0.4 is 4.90 Å². The summed E-state index contributed by atoms with van der Waals surface area (Å²) in [5, 5.41) is 9.66. The lowest BCUT2D eigenvalue weighted by Gasteiger charge is -2.30. The van der Waals surface area contributed by atoms with Crippen molar-refractivity contribution in [3.8, 4) is 22.3 Å². The van der Waals surface area contributed by atoms with Crippen LogP contribution in [0.25, 0.3) is 76.5 Å². The fourth-order valence-corrected chi connectivity index (χ4v) is 7.70. The Morgan fingerprint density at radius 3 is 1.78 bits per heavy atom. The minimum absolute atomic E-state index is 0.897. The lowest BCUT2D eigenvalue weighted by atomic mass is 9.96. The summed E-state index contributed by atoms with van der Waals surface area (Å²) in [4.78, 5) is 2.44. The lowest BCUT2D eigenvalue weighted by Crippen LogP contribution is -2.12. The number of hydrogen-bond donors (Lipinski definition) is 0. The molecule has 2 heteroatoms. The van der Waals surface area contributed by atoms with Crippen LogP contribution in [0.3, 0.4) is 0 Å². The van der Waals surface area contributed by atoms with Crippen molar-refractivity contribution in [1.82, 2.24) is 0 Å². The zero-order valence-corrected chi connectivity index (χ0v) is 27.3. The zero-order chi connectivity index (χ0) is 33.0. The van der Waals surface area contributed by atoms with Gasteiger partial charge >= 0.3 is 0 Å². The van der Waals surface area contributed by atoms with E-state index in [-0.39, 0.29) is 0 Å². The van der Waals surface area contributed by atoms with E-state index < -0.39 is 0 Å². The average Bonchev–Trinajstić information content (AvgIpc) is 3.56. The van der Waals surface area contributed by atoms with E-state index in [2.05, 4.69) is 181 Å². The smallest absolute Gasteiger partial charge is 0.135 e. The van der Waals surface area contributed by atoms with E-state index >= 15 is 0 Å². The number of benzene rings is 9. The van der Waals surface area contributed by atoms with Crippen LogP contribution in [-0.4, -0.2) is 0 Å². The van der Waals surface area contributed by atoms with Crippen molar-refractivity contribution in [2.24, 2.45) is 0 Å². The molecule has 50 heavy (non-hydrogen) atoms. The van der Waals surface area contributed by atoms with Crippen molar-refractivity contribution in [3.63, 3.8) is 0 Å². The molecule has 0 amide bonds. The zero-order valence-electron chi connectivity index (χ0n) is 27.3. The molecule has 0 fully saturated rings. The van der Waals surface area contributed by atoms with Crippen LogP contribution in [0.5, 0.6) is 0 Å². The summed E-state index contributed by atoms with van der Waals surface area (Å²) >= 11 is 0. The highest BCUT2D eigenvalue weighted by Gasteiger charge is 2.21. The molecule has 9 aromatic carbocycles. The Labute approximate surface area is 290 Å². The molecule has 0 N–H and O–H groups in total. The third-order valence-electron chi connectivity index (χ3n) is 10.0. The van der Waals surface area contributed by atoms with Crippen LogP contribution in [0, 0.1) is 0 Å². The van der Waals surface area contributed by atoms with Crippen LogP contribution in [0.2, 0.25) is 0 Å². The molecule has 0 radical (unpaired) electrons. The maximum atomic E-state index is 6.21. The van der Waals surface area contributed by atoms with Crippen LogP contribution in [0.1, 0.15) is 0 Å². The molecule has 1 aromatic heterocycles. The van der Waals surface area contributed by atoms with Gasteiger partial charge in [-0.25, -0.2) is 0 Å². The molecule has 234 valence electrons. The number of rotatable bonds is 5. The number of nitrogens with zero attached hydrogens (tertiary/aromatic N) is 1. The fraction of sp³-hybridized carbons (Fsp3) is 0. The standard InChI is InChI=1S/C48H31NO/c1-3-15-37-32(12-1)14-11-21-38(37)33-24-27-36(28-25-33)49(46-31-34-13-2-4-16-39(34)41-18-5-6-19-42(41)46)45-22-9-7-17-40(45)35-26-29-48-44(30-35)43-20-8-10-23-47(43)50-48/h1-31H.